The largest absolute Gasteiger partial charge is 0.496 e. The predicted octanol–water partition coefficient (Wildman–Crippen LogP) is 5.88. The summed E-state index contributed by atoms with van der Waals surface area (Å²) in [6, 6.07) is 15.3. The highest BCUT2D eigenvalue weighted by molar-refractivity contribution is 5.51. The van der Waals surface area contributed by atoms with Gasteiger partial charge < -0.3 is 4.74 Å². The lowest BCUT2D eigenvalue weighted by molar-refractivity contribution is 0.381. The first-order valence-electron chi connectivity index (χ1n) is 8.38. The number of rotatable bonds is 3. The fourth-order valence-electron chi connectivity index (χ4n) is 2.96. The van der Waals surface area contributed by atoms with Crippen LogP contribution in [0.4, 0.5) is 0 Å². The molecule has 0 atom stereocenters. The average Bonchev–Trinajstić information content (AvgIpc) is 2.45. The van der Waals surface area contributed by atoms with Crippen LogP contribution in [0.3, 0.4) is 0 Å². The van der Waals surface area contributed by atoms with Crippen LogP contribution in [-0.2, 0) is 17.3 Å². The third kappa shape index (κ3) is 4.16. The number of hydrogen-bond donors (Lipinski definition) is 0. The maximum atomic E-state index is 5.83. The molecule has 1 heteroatoms. The average molecular weight is 310 g/mol. The van der Waals surface area contributed by atoms with Gasteiger partial charge in [-0.3, -0.25) is 0 Å². The molecule has 0 saturated heterocycles. The molecule has 0 heterocycles. The van der Waals surface area contributed by atoms with Crippen LogP contribution in [0.15, 0.2) is 42.5 Å². The van der Waals surface area contributed by atoms with Gasteiger partial charge >= 0.3 is 0 Å². The summed E-state index contributed by atoms with van der Waals surface area (Å²) in [5.41, 5.74) is 5.39. The van der Waals surface area contributed by atoms with E-state index in [2.05, 4.69) is 84.0 Å². The minimum absolute atomic E-state index is 0.0536. The molecule has 23 heavy (non-hydrogen) atoms. The lowest BCUT2D eigenvalue weighted by Gasteiger charge is -2.30. The lowest BCUT2D eigenvalue weighted by atomic mass is 9.78. The Labute approximate surface area is 141 Å². The van der Waals surface area contributed by atoms with E-state index >= 15 is 0 Å². The second kappa shape index (κ2) is 6.39. The molecule has 0 amide bonds. The molecule has 0 radical (unpaired) electrons. The smallest absolute Gasteiger partial charge is 0.126 e. The Morgan fingerprint density at radius 2 is 1.22 bits per heavy atom. The van der Waals surface area contributed by atoms with E-state index in [1.807, 2.05) is 0 Å². The fourth-order valence-corrected chi connectivity index (χ4v) is 2.96. The van der Waals surface area contributed by atoms with Crippen LogP contribution in [-0.4, -0.2) is 7.11 Å². The van der Waals surface area contributed by atoms with Crippen molar-refractivity contribution in [2.75, 3.05) is 7.11 Å². The van der Waals surface area contributed by atoms with Crippen molar-refractivity contribution in [3.63, 3.8) is 0 Å². The molecule has 124 valence electrons. The molecular formula is C22H30O. The van der Waals surface area contributed by atoms with Gasteiger partial charge in [0.25, 0.3) is 0 Å². The summed E-state index contributed by atoms with van der Waals surface area (Å²) in [6.07, 6.45) is 0.955. The normalized spacial score (nSPS) is 12.3. The summed E-state index contributed by atoms with van der Waals surface area (Å²) in [7, 11) is 1.79. The molecule has 1 nitrogen and oxygen atoms in total. The van der Waals surface area contributed by atoms with Crippen molar-refractivity contribution < 1.29 is 4.74 Å². The van der Waals surface area contributed by atoms with Crippen LogP contribution in [0.1, 0.15) is 63.8 Å². The van der Waals surface area contributed by atoms with Gasteiger partial charge in [-0.25, -0.2) is 0 Å². The van der Waals surface area contributed by atoms with Gasteiger partial charge in [0.05, 0.1) is 7.11 Å². The van der Waals surface area contributed by atoms with Gasteiger partial charge in [0.2, 0.25) is 0 Å². The molecule has 0 aliphatic carbocycles. The SMILES string of the molecule is COc1c(C(C)(C)C)cc(Cc2ccccc2)cc1C(C)(C)C. The Balaban J connectivity index is 2.60. The maximum absolute atomic E-state index is 5.83. The molecule has 2 aromatic rings. The van der Waals surface area contributed by atoms with Gasteiger partial charge in [0.15, 0.2) is 0 Å². The second-order valence-corrected chi connectivity index (χ2v) is 8.39. The van der Waals surface area contributed by atoms with Gasteiger partial charge in [-0.05, 0) is 28.4 Å². The fraction of sp³-hybridized carbons (Fsp3) is 0.455. The van der Waals surface area contributed by atoms with Crippen LogP contribution in [0, 0.1) is 0 Å². The van der Waals surface area contributed by atoms with Crippen molar-refractivity contribution in [1.29, 1.82) is 0 Å². The minimum atomic E-state index is 0.0536. The van der Waals surface area contributed by atoms with E-state index in [1.165, 1.54) is 22.3 Å². The number of ether oxygens (including phenoxy) is 1. The first-order valence-corrected chi connectivity index (χ1v) is 8.38. The van der Waals surface area contributed by atoms with E-state index in [-0.39, 0.29) is 10.8 Å². The molecule has 0 unspecified atom stereocenters. The van der Waals surface area contributed by atoms with Gasteiger partial charge in [-0.1, -0.05) is 84.0 Å². The molecule has 2 aromatic carbocycles. The first-order chi connectivity index (χ1) is 10.6. The summed E-state index contributed by atoms with van der Waals surface area (Å²) >= 11 is 0. The molecule has 0 saturated carbocycles. The Morgan fingerprint density at radius 1 is 0.739 bits per heavy atom. The van der Waals surface area contributed by atoms with Crippen LogP contribution >= 0.6 is 0 Å². The molecule has 0 aromatic heterocycles. The molecule has 0 N–H and O–H groups in total. The molecule has 0 fully saturated rings. The van der Waals surface area contributed by atoms with E-state index < -0.39 is 0 Å². The summed E-state index contributed by atoms with van der Waals surface area (Å²) in [5.74, 6) is 1.04. The summed E-state index contributed by atoms with van der Waals surface area (Å²) in [6.45, 7) is 13.5. The standard InChI is InChI=1S/C22H30O/c1-21(2,3)18-14-17(13-16-11-9-8-10-12-16)15-19(20(18)23-7)22(4,5)6/h8-12,14-15H,13H2,1-7H3. The molecule has 0 spiro atoms. The van der Waals surface area contributed by atoms with Crippen LogP contribution in [0.2, 0.25) is 0 Å². The highest BCUT2D eigenvalue weighted by Crippen LogP contribution is 2.40. The van der Waals surface area contributed by atoms with Crippen molar-refractivity contribution in [3.05, 3.63) is 64.7 Å². The van der Waals surface area contributed by atoms with Crippen LogP contribution in [0.5, 0.6) is 5.75 Å². The van der Waals surface area contributed by atoms with Gasteiger partial charge in [0.1, 0.15) is 5.75 Å². The van der Waals surface area contributed by atoms with Crippen LogP contribution < -0.4 is 4.74 Å². The van der Waals surface area contributed by atoms with Crippen molar-refractivity contribution in [2.45, 2.75) is 58.8 Å². The summed E-state index contributed by atoms with van der Waals surface area (Å²) < 4.78 is 5.83. The van der Waals surface area contributed by atoms with E-state index in [0.29, 0.717) is 0 Å². The van der Waals surface area contributed by atoms with Crippen molar-refractivity contribution in [1.82, 2.24) is 0 Å². The Hall–Kier alpha value is -1.76. The third-order valence-electron chi connectivity index (χ3n) is 4.22. The number of benzene rings is 2. The molecule has 0 aliphatic rings. The molecular weight excluding hydrogens is 280 g/mol. The van der Waals surface area contributed by atoms with Gasteiger partial charge in [-0.2, -0.15) is 0 Å². The second-order valence-electron chi connectivity index (χ2n) is 8.39. The summed E-state index contributed by atoms with van der Waals surface area (Å²) in [5, 5.41) is 0. The molecule has 0 bridgehead atoms. The third-order valence-corrected chi connectivity index (χ3v) is 4.22. The molecule has 0 aliphatic heterocycles. The highest BCUT2D eigenvalue weighted by atomic mass is 16.5. The highest BCUT2D eigenvalue weighted by Gasteiger charge is 2.27. The van der Waals surface area contributed by atoms with E-state index in [0.717, 1.165) is 12.2 Å². The zero-order chi connectivity index (χ0) is 17.3. The van der Waals surface area contributed by atoms with E-state index in [1.54, 1.807) is 7.11 Å². The van der Waals surface area contributed by atoms with E-state index in [9.17, 15) is 0 Å². The molecule has 2 rings (SSSR count). The van der Waals surface area contributed by atoms with E-state index in [4.69, 9.17) is 4.74 Å². The Kier molecular flexibility index (Phi) is 4.89. The van der Waals surface area contributed by atoms with Gasteiger partial charge in [-0.15, -0.1) is 0 Å². The lowest BCUT2D eigenvalue weighted by Crippen LogP contribution is -2.19. The maximum Gasteiger partial charge on any atom is 0.126 e. The topological polar surface area (TPSA) is 9.23 Å². The van der Waals surface area contributed by atoms with Crippen LogP contribution in [0.25, 0.3) is 0 Å². The first kappa shape index (κ1) is 17.6. The number of hydrogen-bond acceptors (Lipinski definition) is 1. The Bertz CT molecular complexity index is 620. The zero-order valence-corrected chi connectivity index (χ0v) is 15.7. The minimum Gasteiger partial charge on any atom is -0.496 e. The van der Waals surface area contributed by atoms with Crippen molar-refractivity contribution in [2.24, 2.45) is 0 Å². The Morgan fingerprint density at radius 3 is 1.61 bits per heavy atom. The zero-order valence-electron chi connectivity index (χ0n) is 15.7. The number of methoxy groups -OCH3 is 1. The van der Waals surface area contributed by atoms with Gasteiger partial charge in [0, 0.05) is 11.1 Å². The van der Waals surface area contributed by atoms with Crippen molar-refractivity contribution in [3.8, 4) is 5.75 Å². The summed E-state index contributed by atoms with van der Waals surface area (Å²) in [4.78, 5) is 0. The quantitative estimate of drug-likeness (QED) is 0.687. The van der Waals surface area contributed by atoms with Crippen molar-refractivity contribution >= 4 is 0 Å². The monoisotopic (exact) mass is 310 g/mol. The predicted molar refractivity (Wildman–Crippen MR) is 99.6 cm³/mol.